The Hall–Kier alpha value is -1.72. The average molecular weight is 326 g/mol. The van der Waals surface area contributed by atoms with E-state index >= 15 is 0 Å². The Bertz CT molecular complexity index is 744. The number of hydrogen-bond acceptors (Lipinski definition) is 3. The molecule has 1 N–H and O–H groups in total. The zero-order valence-electron chi connectivity index (χ0n) is 11.8. The zero-order chi connectivity index (χ0) is 15.5. The van der Waals surface area contributed by atoms with Crippen molar-refractivity contribution in [3.05, 3.63) is 53.1 Å². The fraction of sp³-hybridized carbons (Fsp3) is 0.200. The van der Waals surface area contributed by atoms with Gasteiger partial charge in [-0.3, -0.25) is 4.72 Å². The summed E-state index contributed by atoms with van der Waals surface area (Å²) in [4.78, 5) is 0.0427. The van der Waals surface area contributed by atoms with Crippen molar-refractivity contribution in [3.8, 4) is 5.75 Å². The minimum Gasteiger partial charge on any atom is -0.492 e. The van der Waals surface area contributed by atoms with E-state index in [9.17, 15) is 8.42 Å². The molecule has 0 radical (unpaired) electrons. The normalized spacial score (nSPS) is 11.2. The number of para-hydroxylation sites is 2. The lowest BCUT2D eigenvalue weighted by atomic mass is 10.2. The highest BCUT2D eigenvalue weighted by atomic mass is 35.5. The number of sulfonamides is 1. The molecule has 0 saturated carbocycles. The zero-order valence-corrected chi connectivity index (χ0v) is 13.3. The summed E-state index contributed by atoms with van der Waals surface area (Å²) < 4.78 is 32.8. The molecule has 0 spiro atoms. The average Bonchev–Trinajstić information content (AvgIpc) is 2.40. The van der Waals surface area contributed by atoms with Gasteiger partial charge in [0.1, 0.15) is 10.6 Å². The monoisotopic (exact) mass is 325 g/mol. The van der Waals surface area contributed by atoms with E-state index in [0.29, 0.717) is 18.0 Å². The molecule has 2 aromatic carbocycles. The van der Waals surface area contributed by atoms with E-state index in [1.165, 1.54) is 6.07 Å². The van der Waals surface area contributed by atoms with Crippen LogP contribution in [-0.4, -0.2) is 15.0 Å². The topological polar surface area (TPSA) is 55.4 Å². The summed E-state index contributed by atoms with van der Waals surface area (Å²) in [6, 6.07) is 11.7. The van der Waals surface area contributed by atoms with E-state index in [-0.39, 0.29) is 9.92 Å². The second-order valence-corrected chi connectivity index (χ2v) is 6.53. The van der Waals surface area contributed by atoms with Crippen LogP contribution in [0.4, 0.5) is 5.69 Å². The smallest absolute Gasteiger partial charge is 0.263 e. The van der Waals surface area contributed by atoms with Gasteiger partial charge in [0.05, 0.1) is 17.3 Å². The van der Waals surface area contributed by atoms with Gasteiger partial charge in [0.2, 0.25) is 0 Å². The fourth-order valence-corrected chi connectivity index (χ4v) is 3.53. The van der Waals surface area contributed by atoms with Crippen molar-refractivity contribution in [1.82, 2.24) is 0 Å². The Morgan fingerprint density at radius 3 is 2.57 bits per heavy atom. The molecule has 0 bridgehead atoms. The van der Waals surface area contributed by atoms with Gasteiger partial charge in [-0.15, -0.1) is 0 Å². The number of halogens is 1. The number of aryl methyl sites for hydroxylation is 1. The van der Waals surface area contributed by atoms with Crippen LogP contribution in [-0.2, 0) is 10.0 Å². The highest BCUT2D eigenvalue weighted by Gasteiger charge is 2.19. The van der Waals surface area contributed by atoms with Crippen molar-refractivity contribution < 1.29 is 13.2 Å². The Morgan fingerprint density at radius 2 is 1.90 bits per heavy atom. The van der Waals surface area contributed by atoms with Crippen LogP contribution >= 0.6 is 11.6 Å². The third-order valence-corrected chi connectivity index (χ3v) is 4.66. The van der Waals surface area contributed by atoms with Crippen LogP contribution in [0.25, 0.3) is 0 Å². The standard InChI is InChI=1S/C15H16ClNO3S/c1-3-20-14-7-5-4-6-13(14)17-21(18,19)15-9-8-11(2)10-12(15)16/h4-10,17H,3H2,1-2H3. The largest absolute Gasteiger partial charge is 0.492 e. The van der Waals surface area contributed by atoms with E-state index in [0.717, 1.165) is 5.56 Å². The van der Waals surface area contributed by atoms with Gasteiger partial charge in [-0.25, -0.2) is 8.42 Å². The molecule has 0 unspecified atom stereocenters. The van der Waals surface area contributed by atoms with Gasteiger partial charge in [-0.05, 0) is 43.7 Å². The predicted molar refractivity (Wildman–Crippen MR) is 84.6 cm³/mol. The van der Waals surface area contributed by atoms with Gasteiger partial charge < -0.3 is 4.74 Å². The summed E-state index contributed by atoms with van der Waals surface area (Å²) >= 11 is 6.03. The molecule has 21 heavy (non-hydrogen) atoms. The van der Waals surface area contributed by atoms with E-state index in [4.69, 9.17) is 16.3 Å². The molecular formula is C15H16ClNO3S. The molecule has 0 saturated heterocycles. The molecule has 0 atom stereocenters. The summed E-state index contributed by atoms with van der Waals surface area (Å²) in [5, 5.41) is 0.191. The van der Waals surface area contributed by atoms with Crippen LogP contribution in [0.1, 0.15) is 12.5 Å². The lowest BCUT2D eigenvalue weighted by molar-refractivity contribution is 0.342. The van der Waals surface area contributed by atoms with Gasteiger partial charge in [0, 0.05) is 0 Å². The van der Waals surface area contributed by atoms with Gasteiger partial charge in [-0.2, -0.15) is 0 Å². The molecule has 0 fully saturated rings. The summed E-state index contributed by atoms with van der Waals surface area (Å²) in [5.41, 5.74) is 1.28. The maximum absolute atomic E-state index is 12.4. The van der Waals surface area contributed by atoms with Crippen molar-refractivity contribution in [1.29, 1.82) is 0 Å². The van der Waals surface area contributed by atoms with Gasteiger partial charge >= 0.3 is 0 Å². The quantitative estimate of drug-likeness (QED) is 0.908. The van der Waals surface area contributed by atoms with Crippen LogP contribution in [0, 0.1) is 6.92 Å². The van der Waals surface area contributed by atoms with E-state index in [2.05, 4.69) is 4.72 Å². The van der Waals surface area contributed by atoms with Crippen LogP contribution in [0.15, 0.2) is 47.4 Å². The van der Waals surface area contributed by atoms with Crippen molar-refractivity contribution >= 4 is 27.3 Å². The maximum Gasteiger partial charge on any atom is 0.263 e. The lowest BCUT2D eigenvalue weighted by Crippen LogP contribution is -2.14. The van der Waals surface area contributed by atoms with E-state index < -0.39 is 10.0 Å². The summed E-state index contributed by atoms with van der Waals surface area (Å²) in [6.45, 7) is 4.13. The minimum absolute atomic E-state index is 0.0427. The first-order chi connectivity index (χ1) is 9.94. The first-order valence-electron chi connectivity index (χ1n) is 6.45. The van der Waals surface area contributed by atoms with Gasteiger partial charge in [-0.1, -0.05) is 29.8 Å². The van der Waals surface area contributed by atoms with Gasteiger partial charge in [0.25, 0.3) is 10.0 Å². The first-order valence-corrected chi connectivity index (χ1v) is 8.31. The molecule has 0 amide bonds. The SMILES string of the molecule is CCOc1ccccc1NS(=O)(=O)c1ccc(C)cc1Cl. The van der Waals surface area contributed by atoms with Crippen molar-refractivity contribution in [2.75, 3.05) is 11.3 Å². The van der Waals surface area contributed by atoms with Crippen molar-refractivity contribution in [3.63, 3.8) is 0 Å². The molecule has 0 aliphatic carbocycles. The summed E-state index contributed by atoms with van der Waals surface area (Å²) in [5.74, 6) is 0.479. The molecular weight excluding hydrogens is 310 g/mol. The first kappa shape index (κ1) is 15.7. The highest BCUT2D eigenvalue weighted by Crippen LogP contribution is 2.29. The van der Waals surface area contributed by atoms with Crippen LogP contribution in [0.5, 0.6) is 5.75 Å². The highest BCUT2D eigenvalue weighted by molar-refractivity contribution is 7.92. The molecule has 6 heteroatoms. The van der Waals surface area contributed by atoms with E-state index in [1.807, 2.05) is 13.8 Å². The minimum atomic E-state index is -3.76. The lowest BCUT2D eigenvalue weighted by Gasteiger charge is -2.13. The Balaban J connectivity index is 2.38. The molecule has 0 aromatic heterocycles. The Kier molecular flexibility index (Phi) is 4.75. The van der Waals surface area contributed by atoms with Crippen LogP contribution in [0.2, 0.25) is 5.02 Å². The molecule has 2 aromatic rings. The van der Waals surface area contributed by atoms with Crippen molar-refractivity contribution in [2.45, 2.75) is 18.7 Å². The second-order valence-electron chi connectivity index (χ2n) is 4.47. The molecule has 2 rings (SSSR count). The summed E-state index contributed by atoms with van der Waals surface area (Å²) in [7, 11) is -3.76. The van der Waals surface area contributed by atoms with Crippen molar-refractivity contribution in [2.24, 2.45) is 0 Å². The number of ether oxygens (including phenoxy) is 1. The molecule has 0 aliphatic heterocycles. The number of benzene rings is 2. The van der Waals surface area contributed by atoms with Crippen LogP contribution < -0.4 is 9.46 Å². The number of hydrogen-bond donors (Lipinski definition) is 1. The van der Waals surface area contributed by atoms with Gasteiger partial charge in [0.15, 0.2) is 0 Å². The molecule has 0 heterocycles. The maximum atomic E-state index is 12.4. The third kappa shape index (κ3) is 3.68. The second kappa shape index (κ2) is 6.37. The predicted octanol–water partition coefficient (Wildman–Crippen LogP) is 3.85. The van der Waals surface area contributed by atoms with E-state index in [1.54, 1.807) is 36.4 Å². The molecule has 0 aliphatic rings. The number of rotatable bonds is 5. The molecule has 4 nitrogen and oxygen atoms in total. The van der Waals surface area contributed by atoms with Crippen LogP contribution in [0.3, 0.4) is 0 Å². The number of nitrogens with one attached hydrogen (secondary N) is 1. The fourth-order valence-electron chi connectivity index (χ4n) is 1.86. The molecule has 112 valence electrons. The third-order valence-electron chi connectivity index (χ3n) is 2.81. The Labute approximate surface area is 129 Å². The Morgan fingerprint density at radius 1 is 1.19 bits per heavy atom. The number of anilines is 1. The summed E-state index contributed by atoms with van der Waals surface area (Å²) in [6.07, 6.45) is 0.